The maximum absolute atomic E-state index is 12.4. The molecule has 0 amide bonds. The van der Waals surface area contributed by atoms with E-state index in [1.54, 1.807) is 0 Å². The minimum Gasteiger partial charge on any atom is -0.224 e. The van der Waals surface area contributed by atoms with Gasteiger partial charge in [-0.2, -0.15) is 13.2 Å². The average molecular weight is 373 g/mol. The third-order valence-electron chi connectivity index (χ3n) is 3.12. The van der Waals surface area contributed by atoms with Crippen molar-refractivity contribution in [2.75, 3.05) is 11.1 Å². The van der Waals surface area contributed by atoms with E-state index in [2.05, 4.69) is 15.9 Å². The van der Waals surface area contributed by atoms with Crippen molar-refractivity contribution in [3.8, 4) is 0 Å². The maximum atomic E-state index is 12.4. The molecule has 1 aromatic carbocycles. The second-order valence-electron chi connectivity index (χ2n) is 4.96. The molecule has 0 spiro atoms. The average Bonchev–Trinajstić information content (AvgIpc) is 2.35. The summed E-state index contributed by atoms with van der Waals surface area (Å²) in [7, 11) is -3.58. The molecule has 0 radical (unpaired) electrons. The van der Waals surface area contributed by atoms with Crippen molar-refractivity contribution in [1.29, 1.82) is 0 Å². The highest BCUT2D eigenvalue weighted by Crippen LogP contribution is 2.30. The lowest BCUT2D eigenvalue weighted by Gasteiger charge is -2.18. The topological polar surface area (TPSA) is 34.1 Å². The monoisotopic (exact) mass is 372 g/mol. The van der Waals surface area contributed by atoms with E-state index < -0.39 is 21.6 Å². The van der Waals surface area contributed by atoms with Gasteiger partial charge in [0, 0.05) is 5.33 Å². The number of halogens is 4. The Morgan fingerprint density at radius 1 is 1.15 bits per heavy atom. The van der Waals surface area contributed by atoms with Gasteiger partial charge < -0.3 is 0 Å². The molecule has 0 aliphatic rings. The van der Waals surface area contributed by atoms with E-state index in [1.165, 1.54) is 0 Å². The minimum absolute atomic E-state index is 0.0721. The van der Waals surface area contributed by atoms with Gasteiger partial charge in [0.25, 0.3) is 0 Å². The van der Waals surface area contributed by atoms with Crippen molar-refractivity contribution < 1.29 is 21.6 Å². The fourth-order valence-corrected chi connectivity index (χ4v) is 4.73. The van der Waals surface area contributed by atoms with Crippen LogP contribution in [-0.4, -0.2) is 19.5 Å². The van der Waals surface area contributed by atoms with E-state index in [1.807, 2.05) is 13.8 Å². The largest absolute Gasteiger partial charge is 0.416 e. The number of benzene rings is 1. The van der Waals surface area contributed by atoms with Crippen LogP contribution in [0.5, 0.6) is 0 Å². The lowest BCUT2D eigenvalue weighted by molar-refractivity contribution is -0.137. The summed E-state index contributed by atoms with van der Waals surface area (Å²) >= 11 is 3.27. The Kier molecular flexibility index (Phi) is 5.66. The van der Waals surface area contributed by atoms with Crippen LogP contribution in [0, 0.1) is 11.8 Å². The van der Waals surface area contributed by atoms with E-state index in [0.717, 1.165) is 24.3 Å². The molecule has 0 heterocycles. The second-order valence-corrected chi connectivity index (χ2v) is 7.64. The van der Waals surface area contributed by atoms with Gasteiger partial charge in [-0.25, -0.2) is 8.42 Å². The fourth-order valence-electron chi connectivity index (χ4n) is 1.64. The van der Waals surface area contributed by atoms with Gasteiger partial charge in [-0.3, -0.25) is 0 Å². The predicted octanol–water partition coefficient (Wildman–Crippen LogP) is 4.15. The molecule has 0 aromatic heterocycles. The van der Waals surface area contributed by atoms with E-state index in [-0.39, 0.29) is 22.5 Å². The molecular weight excluding hydrogens is 357 g/mol. The van der Waals surface area contributed by atoms with Gasteiger partial charge in [0.1, 0.15) is 0 Å². The van der Waals surface area contributed by atoms with Crippen LogP contribution >= 0.6 is 15.9 Å². The van der Waals surface area contributed by atoms with Crippen LogP contribution < -0.4 is 0 Å². The van der Waals surface area contributed by atoms with Gasteiger partial charge in [0.2, 0.25) is 0 Å². The molecule has 1 unspecified atom stereocenters. The smallest absolute Gasteiger partial charge is 0.224 e. The van der Waals surface area contributed by atoms with Gasteiger partial charge in [-0.05, 0) is 36.1 Å². The zero-order valence-corrected chi connectivity index (χ0v) is 13.5. The van der Waals surface area contributed by atoms with Gasteiger partial charge in [-0.1, -0.05) is 29.8 Å². The normalized spacial score (nSPS) is 14.6. The molecule has 7 heteroatoms. The van der Waals surface area contributed by atoms with Crippen LogP contribution in [0.15, 0.2) is 29.2 Å². The Bertz CT molecular complexity index is 536. The standard InChI is InChI=1S/C13H16BrF3O2S/c1-9(2)10(7-14)8-20(18,19)12-5-3-11(4-6-12)13(15,16)17/h3-6,9-10H,7-8H2,1-2H3. The van der Waals surface area contributed by atoms with Crippen molar-refractivity contribution in [1.82, 2.24) is 0 Å². The summed E-state index contributed by atoms with van der Waals surface area (Å²) in [4.78, 5) is -0.0721. The molecule has 2 nitrogen and oxygen atoms in total. The van der Waals surface area contributed by atoms with Gasteiger partial charge >= 0.3 is 6.18 Å². The van der Waals surface area contributed by atoms with Crippen molar-refractivity contribution in [2.45, 2.75) is 24.9 Å². The first-order valence-corrected chi connectivity index (χ1v) is 8.81. The molecule has 1 rings (SSSR count). The number of hydrogen-bond donors (Lipinski definition) is 0. The van der Waals surface area contributed by atoms with Gasteiger partial charge in [0.05, 0.1) is 16.2 Å². The van der Waals surface area contributed by atoms with Crippen molar-refractivity contribution in [3.63, 3.8) is 0 Å². The lowest BCUT2D eigenvalue weighted by Crippen LogP contribution is -2.22. The van der Waals surface area contributed by atoms with Crippen LogP contribution in [0.3, 0.4) is 0 Å². The third kappa shape index (κ3) is 4.48. The van der Waals surface area contributed by atoms with Crippen molar-refractivity contribution >= 4 is 25.8 Å². The Balaban J connectivity index is 2.99. The summed E-state index contributed by atoms with van der Waals surface area (Å²) in [5, 5.41) is 0.532. The first-order chi connectivity index (χ1) is 9.08. The lowest BCUT2D eigenvalue weighted by atomic mass is 10.0. The van der Waals surface area contributed by atoms with Crippen LogP contribution in [0.2, 0.25) is 0 Å². The van der Waals surface area contributed by atoms with Gasteiger partial charge in [0.15, 0.2) is 9.84 Å². The van der Waals surface area contributed by atoms with E-state index in [0.29, 0.717) is 5.33 Å². The highest BCUT2D eigenvalue weighted by Gasteiger charge is 2.31. The Morgan fingerprint density at radius 2 is 1.65 bits per heavy atom. The molecule has 0 N–H and O–H groups in total. The minimum atomic E-state index is -4.46. The van der Waals surface area contributed by atoms with Crippen LogP contribution in [0.1, 0.15) is 19.4 Å². The fraction of sp³-hybridized carbons (Fsp3) is 0.538. The zero-order valence-electron chi connectivity index (χ0n) is 11.1. The van der Waals surface area contributed by atoms with E-state index >= 15 is 0 Å². The molecule has 0 aliphatic heterocycles. The van der Waals surface area contributed by atoms with Crippen LogP contribution in [-0.2, 0) is 16.0 Å². The highest BCUT2D eigenvalue weighted by atomic mass is 79.9. The predicted molar refractivity (Wildman–Crippen MR) is 75.6 cm³/mol. The Labute approximate surface area is 125 Å². The molecule has 0 bridgehead atoms. The third-order valence-corrected chi connectivity index (χ3v) is 5.80. The molecule has 1 atom stereocenters. The molecular formula is C13H16BrF3O2S. The molecule has 0 saturated heterocycles. The van der Waals surface area contributed by atoms with Gasteiger partial charge in [-0.15, -0.1) is 0 Å². The zero-order chi connectivity index (χ0) is 15.6. The first-order valence-electron chi connectivity index (χ1n) is 6.04. The molecule has 0 aliphatic carbocycles. The molecule has 0 fully saturated rings. The summed E-state index contributed by atoms with van der Waals surface area (Å²) < 4.78 is 61.6. The van der Waals surface area contributed by atoms with E-state index in [4.69, 9.17) is 0 Å². The first kappa shape index (κ1) is 17.5. The molecule has 114 valence electrons. The molecule has 0 saturated carbocycles. The number of alkyl halides is 4. The Morgan fingerprint density at radius 3 is 2.00 bits per heavy atom. The maximum Gasteiger partial charge on any atom is 0.416 e. The molecule has 20 heavy (non-hydrogen) atoms. The Hall–Kier alpha value is -0.560. The van der Waals surface area contributed by atoms with Crippen molar-refractivity contribution in [2.24, 2.45) is 11.8 Å². The number of sulfone groups is 1. The van der Waals surface area contributed by atoms with Crippen LogP contribution in [0.4, 0.5) is 13.2 Å². The summed E-state index contributed by atoms with van der Waals surface area (Å²) in [6.45, 7) is 3.82. The number of rotatable bonds is 5. The number of hydrogen-bond acceptors (Lipinski definition) is 2. The van der Waals surface area contributed by atoms with E-state index in [9.17, 15) is 21.6 Å². The summed E-state index contributed by atoms with van der Waals surface area (Å²) in [6, 6.07) is 3.63. The van der Waals surface area contributed by atoms with Crippen molar-refractivity contribution in [3.05, 3.63) is 29.8 Å². The summed E-state index contributed by atoms with van der Waals surface area (Å²) in [5.41, 5.74) is -0.850. The summed E-state index contributed by atoms with van der Waals surface area (Å²) in [5.74, 6) is 0.00210. The van der Waals surface area contributed by atoms with Crippen LogP contribution in [0.25, 0.3) is 0 Å². The highest BCUT2D eigenvalue weighted by molar-refractivity contribution is 9.09. The SMILES string of the molecule is CC(C)C(CBr)CS(=O)(=O)c1ccc(C(F)(F)F)cc1. The molecule has 1 aromatic rings. The quantitative estimate of drug-likeness (QED) is 0.727. The second kappa shape index (κ2) is 6.47. The summed E-state index contributed by atoms with van der Waals surface area (Å²) in [6.07, 6.45) is -4.46.